The first-order valence-corrected chi connectivity index (χ1v) is 6.75. The number of aromatic nitrogens is 2. The lowest BCUT2D eigenvalue weighted by Crippen LogP contribution is -2.17. The number of sulfonamides is 1. The van der Waals surface area contributed by atoms with Gasteiger partial charge in [0.25, 0.3) is 0 Å². The van der Waals surface area contributed by atoms with Gasteiger partial charge in [-0.05, 0) is 19.1 Å². The first-order chi connectivity index (χ1) is 8.46. The molecule has 0 radical (unpaired) electrons. The van der Waals surface area contributed by atoms with Gasteiger partial charge in [0, 0.05) is 12.3 Å². The molecular formula is C10H12N4O3S. The molecular weight excluding hydrogens is 256 g/mol. The van der Waals surface area contributed by atoms with Crippen molar-refractivity contribution in [2.24, 2.45) is 0 Å². The number of nitrogens with one attached hydrogen (secondary N) is 1. The smallest absolute Gasteiger partial charge is 0.239 e. The molecule has 0 saturated heterocycles. The molecule has 0 bridgehead atoms. The highest BCUT2D eigenvalue weighted by Crippen LogP contribution is 2.16. The first-order valence-electron chi connectivity index (χ1n) is 5.09. The molecule has 18 heavy (non-hydrogen) atoms. The van der Waals surface area contributed by atoms with E-state index in [4.69, 9.17) is 10.3 Å². The summed E-state index contributed by atoms with van der Waals surface area (Å²) in [5, 5.41) is 3.62. The lowest BCUT2D eigenvalue weighted by atomic mass is 10.4. The van der Waals surface area contributed by atoms with Crippen LogP contribution in [0.1, 0.15) is 11.5 Å². The highest BCUT2D eigenvalue weighted by atomic mass is 32.2. The zero-order valence-corrected chi connectivity index (χ0v) is 10.4. The van der Waals surface area contributed by atoms with E-state index in [0.29, 0.717) is 11.5 Å². The predicted octanol–water partition coefficient (Wildman–Crippen LogP) is 0.902. The van der Waals surface area contributed by atoms with Crippen LogP contribution in [0.15, 0.2) is 28.9 Å². The molecule has 3 N–H and O–H groups in total. The lowest BCUT2D eigenvalue weighted by Gasteiger charge is -2.07. The lowest BCUT2D eigenvalue weighted by molar-refractivity contribution is 0.392. The van der Waals surface area contributed by atoms with E-state index in [1.54, 1.807) is 25.1 Å². The summed E-state index contributed by atoms with van der Waals surface area (Å²) in [7, 11) is -3.61. The number of hydrogen-bond acceptors (Lipinski definition) is 6. The van der Waals surface area contributed by atoms with Crippen LogP contribution < -0.4 is 10.5 Å². The number of anilines is 2. The molecule has 2 heterocycles. The maximum Gasteiger partial charge on any atom is 0.239 e. The Morgan fingerprint density at radius 2 is 2.28 bits per heavy atom. The van der Waals surface area contributed by atoms with Crippen molar-refractivity contribution >= 4 is 21.5 Å². The SMILES string of the molecule is Cc1cc(CS(=O)(=O)Nc2ncccc2N)no1. The number of hydrogen-bond donors (Lipinski definition) is 2. The molecule has 2 aromatic heterocycles. The largest absolute Gasteiger partial charge is 0.396 e. The van der Waals surface area contributed by atoms with E-state index in [2.05, 4.69) is 14.9 Å². The topological polar surface area (TPSA) is 111 Å². The van der Waals surface area contributed by atoms with Crippen LogP contribution in [0, 0.1) is 6.92 Å². The van der Waals surface area contributed by atoms with Gasteiger partial charge < -0.3 is 10.3 Å². The van der Waals surface area contributed by atoms with Gasteiger partial charge in [-0.2, -0.15) is 0 Å². The van der Waals surface area contributed by atoms with Gasteiger partial charge in [0.2, 0.25) is 10.0 Å². The molecule has 0 aliphatic rings. The molecule has 0 amide bonds. The van der Waals surface area contributed by atoms with Crippen molar-refractivity contribution in [3.8, 4) is 0 Å². The van der Waals surface area contributed by atoms with Gasteiger partial charge in [-0.15, -0.1) is 0 Å². The normalized spacial score (nSPS) is 11.4. The summed E-state index contributed by atoms with van der Waals surface area (Å²) in [5.41, 5.74) is 6.19. The number of nitrogens with zero attached hydrogens (tertiary/aromatic N) is 2. The van der Waals surface area contributed by atoms with Crippen LogP contribution in [0.4, 0.5) is 11.5 Å². The Bertz CT molecular complexity index is 651. The monoisotopic (exact) mass is 268 g/mol. The molecule has 2 aromatic rings. The van der Waals surface area contributed by atoms with Gasteiger partial charge >= 0.3 is 0 Å². The fourth-order valence-corrected chi connectivity index (χ4v) is 2.43. The van der Waals surface area contributed by atoms with Gasteiger partial charge in [0.05, 0.1) is 5.69 Å². The molecule has 0 fully saturated rings. The number of pyridine rings is 1. The Balaban J connectivity index is 2.15. The van der Waals surface area contributed by atoms with Gasteiger partial charge in [-0.1, -0.05) is 5.16 Å². The van der Waals surface area contributed by atoms with Crippen molar-refractivity contribution in [2.75, 3.05) is 10.5 Å². The Kier molecular flexibility index (Phi) is 3.19. The van der Waals surface area contributed by atoms with Gasteiger partial charge in [-0.3, -0.25) is 4.72 Å². The van der Waals surface area contributed by atoms with Crippen LogP contribution in [-0.4, -0.2) is 18.6 Å². The summed E-state index contributed by atoms with van der Waals surface area (Å²) < 4.78 is 30.8. The van der Waals surface area contributed by atoms with Crippen molar-refractivity contribution in [2.45, 2.75) is 12.7 Å². The van der Waals surface area contributed by atoms with Crippen molar-refractivity contribution < 1.29 is 12.9 Å². The summed E-state index contributed by atoms with van der Waals surface area (Å²) in [6.45, 7) is 1.69. The molecule has 0 unspecified atom stereocenters. The van der Waals surface area contributed by atoms with E-state index >= 15 is 0 Å². The zero-order chi connectivity index (χ0) is 13.2. The number of rotatable bonds is 4. The third kappa shape index (κ3) is 2.98. The molecule has 96 valence electrons. The average Bonchev–Trinajstić information content (AvgIpc) is 2.66. The standard InChI is InChI=1S/C10H12N4O3S/c1-7-5-8(13-17-7)6-18(15,16)14-10-9(11)3-2-4-12-10/h2-5H,6,11H2,1H3,(H,12,14). The molecule has 8 heteroatoms. The number of nitrogens with two attached hydrogens (primary N) is 1. The van der Waals surface area contributed by atoms with Crippen molar-refractivity contribution in [3.63, 3.8) is 0 Å². The van der Waals surface area contributed by atoms with Crippen LogP contribution in [0.3, 0.4) is 0 Å². The second kappa shape index (κ2) is 4.65. The summed E-state index contributed by atoms with van der Waals surface area (Å²) in [6, 6.07) is 4.74. The van der Waals surface area contributed by atoms with Crippen LogP contribution in [0.5, 0.6) is 0 Å². The zero-order valence-electron chi connectivity index (χ0n) is 9.62. The third-order valence-corrected chi connectivity index (χ3v) is 3.29. The van der Waals surface area contributed by atoms with E-state index in [-0.39, 0.29) is 17.3 Å². The maximum atomic E-state index is 11.8. The predicted molar refractivity (Wildman–Crippen MR) is 66.1 cm³/mol. The molecule has 0 spiro atoms. The number of nitrogen functional groups attached to an aromatic ring is 1. The van der Waals surface area contributed by atoms with Crippen LogP contribution in [0.2, 0.25) is 0 Å². The second-order valence-electron chi connectivity index (χ2n) is 3.73. The number of aryl methyl sites for hydroxylation is 1. The fourth-order valence-electron chi connectivity index (χ4n) is 1.37. The Morgan fingerprint density at radius 1 is 1.50 bits per heavy atom. The molecule has 0 aliphatic heterocycles. The van der Waals surface area contributed by atoms with Gasteiger partial charge in [0.1, 0.15) is 17.2 Å². The van der Waals surface area contributed by atoms with Crippen molar-refractivity contribution in [1.82, 2.24) is 10.1 Å². The summed E-state index contributed by atoms with van der Waals surface area (Å²) >= 11 is 0. The van der Waals surface area contributed by atoms with Crippen LogP contribution in [0.25, 0.3) is 0 Å². The van der Waals surface area contributed by atoms with E-state index < -0.39 is 10.0 Å². The van der Waals surface area contributed by atoms with Crippen molar-refractivity contribution in [1.29, 1.82) is 0 Å². The second-order valence-corrected chi connectivity index (χ2v) is 5.45. The first kappa shape index (κ1) is 12.4. The van der Waals surface area contributed by atoms with Gasteiger partial charge in [-0.25, -0.2) is 13.4 Å². The van der Waals surface area contributed by atoms with Gasteiger partial charge in [0.15, 0.2) is 5.82 Å². The van der Waals surface area contributed by atoms with E-state index in [0.717, 1.165) is 0 Å². The highest BCUT2D eigenvalue weighted by Gasteiger charge is 2.16. The Morgan fingerprint density at radius 3 is 2.89 bits per heavy atom. The Hall–Kier alpha value is -2.09. The average molecular weight is 268 g/mol. The molecule has 7 nitrogen and oxygen atoms in total. The maximum absolute atomic E-state index is 11.8. The third-order valence-electron chi connectivity index (χ3n) is 2.11. The van der Waals surface area contributed by atoms with E-state index in [1.807, 2.05) is 0 Å². The fraction of sp³-hybridized carbons (Fsp3) is 0.200. The molecule has 2 rings (SSSR count). The highest BCUT2D eigenvalue weighted by molar-refractivity contribution is 7.91. The summed E-state index contributed by atoms with van der Waals surface area (Å²) in [4.78, 5) is 3.85. The Labute approximate surface area is 104 Å². The minimum Gasteiger partial charge on any atom is -0.396 e. The summed E-state index contributed by atoms with van der Waals surface area (Å²) in [5.74, 6) is 0.371. The molecule has 0 atom stereocenters. The summed E-state index contributed by atoms with van der Waals surface area (Å²) in [6.07, 6.45) is 1.45. The minimum atomic E-state index is -3.61. The van der Waals surface area contributed by atoms with Crippen molar-refractivity contribution in [3.05, 3.63) is 35.9 Å². The molecule has 0 aliphatic carbocycles. The van der Waals surface area contributed by atoms with Crippen LogP contribution in [-0.2, 0) is 15.8 Å². The molecule has 0 saturated carbocycles. The quantitative estimate of drug-likeness (QED) is 0.852. The van der Waals surface area contributed by atoms with Crippen LogP contribution >= 0.6 is 0 Å². The minimum absolute atomic E-state index is 0.109. The van der Waals surface area contributed by atoms with E-state index in [9.17, 15) is 8.42 Å². The van der Waals surface area contributed by atoms with E-state index in [1.165, 1.54) is 6.20 Å². The molecule has 0 aromatic carbocycles.